The van der Waals surface area contributed by atoms with Gasteiger partial charge in [-0.05, 0) is 49.6 Å². The lowest BCUT2D eigenvalue weighted by Gasteiger charge is -2.14. The fourth-order valence-corrected chi connectivity index (χ4v) is 3.42. The lowest BCUT2D eigenvalue weighted by atomic mass is 10.1. The molecule has 0 radical (unpaired) electrons. The maximum absolute atomic E-state index is 12.6. The van der Waals surface area contributed by atoms with Gasteiger partial charge in [0.15, 0.2) is 11.5 Å². The van der Waals surface area contributed by atoms with Crippen molar-refractivity contribution < 1.29 is 14.3 Å². The van der Waals surface area contributed by atoms with E-state index < -0.39 is 0 Å². The van der Waals surface area contributed by atoms with Crippen LogP contribution in [-0.2, 0) is 11.4 Å². The molecular weight excluding hydrogens is 374 g/mol. The van der Waals surface area contributed by atoms with Crippen molar-refractivity contribution in [3.63, 3.8) is 0 Å². The maximum Gasteiger partial charge on any atom is 0.248 e. The van der Waals surface area contributed by atoms with Gasteiger partial charge < -0.3 is 14.8 Å². The number of carbonyl (C=O) groups is 1. The fourth-order valence-electron chi connectivity index (χ4n) is 3.42. The minimum atomic E-state index is -0.193. The molecule has 3 aromatic rings. The Labute approximate surface area is 178 Å². The lowest BCUT2D eigenvalue weighted by molar-refractivity contribution is -0.111. The summed E-state index contributed by atoms with van der Waals surface area (Å²) in [4.78, 5) is 12.6. The van der Waals surface area contributed by atoms with Gasteiger partial charge in [-0.3, -0.25) is 4.79 Å². The number of carbonyl (C=O) groups excluding carboxylic acids is 1. The summed E-state index contributed by atoms with van der Waals surface area (Å²) in [6, 6.07) is 19.7. The topological polar surface area (TPSA) is 47.6 Å². The normalized spacial score (nSPS) is 10.8. The van der Waals surface area contributed by atoms with Crippen LogP contribution < -0.4 is 14.8 Å². The van der Waals surface area contributed by atoms with Crippen LogP contribution in [0, 0.1) is 20.8 Å². The summed E-state index contributed by atoms with van der Waals surface area (Å²) in [6.45, 7) is 6.45. The van der Waals surface area contributed by atoms with Gasteiger partial charge in [-0.25, -0.2) is 0 Å². The number of rotatable bonds is 7. The Bertz CT molecular complexity index is 1030. The highest BCUT2D eigenvalue weighted by Gasteiger charge is 2.10. The summed E-state index contributed by atoms with van der Waals surface area (Å²) >= 11 is 0. The van der Waals surface area contributed by atoms with Crippen molar-refractivity contribution in [2.75, 3.05) is 12.4 Å². The van der Waals surface area contributed by atoms with Crippen LogP contribution in [-0.4, -0.2) is 13.0 Å². The van der Waals surface area contributed by atoms with Crippen molar-refractivity contribution in [3.8, 4) is 11.5 Å². The molecule has 0 fully saturated rings. The molecule has 1 N–H and O–H groups in total. The van der Waals surface area contributed by atoms with E-state index in [0.29, 0.717) is 18.1 Å². The number of aryl methyl sites for hydroxylation is 3. The molecule has 0 saturated carbocycles. The van der Waals surface area contributed by atoms with E-state index in [1.807, 2.05) is 69.3 Å². The summed E-state index contributed by atoms with van der Waals surface area (Å²) in [5, 5.41) is 2.98. The highest BCUT2D eigenvalue weighted by atomic mass is 16.5. The molecule has 0 unspecified atom stereocenters. The Hall–Kier alpha value is -3.53. The number of hydrogen-bond donors (Lipinski definition) is 1. The van der Waals surface area contributed by atoms with Crippen LogP contribution in [0.3, 0.4) is 0 Å². The summed E-state index contributed by atoms with van der Waals surface area (Å²) in [7, 11) is 1.61. The van der Waals surface area contributed by atoms with Crippen LogP contribution in [0.25, 0.3) is 6.08 Å². The molecular formula is C26H27NO3. The Kier molecular flexibility index (Phi) is 6.91. The third-order valence-corrected chi connectivity index (χ3v) is 4.79. The molecule has 0 aliphatic rings. The molecule has 0 saturated heterocycles. The van der Waals surface area contributed by atoms with E-state index in [4.69, 9.17) is 9.47 Å². The fraction of sp³-hybridized carbons (Fsp3) is 0.192. The van der Waals surface area contributed by atoms with Crippen LogP contribution in [0.15, 0.2) is 66.7 Å². The average molecular weight is 402 g/mol. The van der Waals surface area contributed by atoms with E-state index in [1.54, 1.807) is 13.2 Å². The minimum Gasteiger partial charge on any atom is -0.493 e. The van der Waals surface area contributed by atoms with Crippen LogP contribution in [0.4, 0.5) is 5.69 Å². The van der Waals surface area contributed by atoms with E-state index in [9.17, 15) is 4.79 Å². The van der Waals surface area contributed by atoms with Crippen molar-refractivity contribution in [1.82, 2.24) is 0 Å². The largest absolute Gasteiger partial charge is 0.493 e. The van der Waals surface area contributed by atoms with Crippen LogP contribution in [0.5, 0.6) is 11.5 Å². The maximum atomic E-state index is 12.6. The predicted octanol–water partition coefficient (Wildman–Crippen LogP) is 5.85. The first-order valence-corrected chi connectivity index (χ1v) is 9.88. The zero-order valence-electron chi connectivity index (χ0n) is 17.9. The molecule has 4 heteroatoms. The summed E-state index contributed by atoms with van der Waals surface area (Å²) in [6.07, 6.45) is 3.26. The second-order valence-electron chi connectivity index (χ2n) is 7.25. The van der Waals surface area contributed by atoms with Crippen molar-refractivity contribution in [3.05, 3.63) is 94.6 Å². The molecule has 0 bridgehead atoms. The van der Waals surface area contributed by atoms with Gasteiger partial charge in [0.1, 0.15) is 6.61 Å². The molecule has 30 heavy (non-hydrogen) atoms. The molecule has 3 aromatic carbocycles. The first kappa shape index (κ1) is 21.2. The molecule has 154 valence electrons. The molecule has 0 aromatic heterocycles. The van der Waals surface area contributed by atoms with Crippen LogP contribution in [0.2, 0.25) is 0 Å². The number of benzene rings is 3. The van der Waals surface area contributed by atoms with Gasteiger partial charge in [0, 0.05) is 17.3 Å². The van der Waals surface area contributed by atoms with Gasteiger partial charge >= 0.3 is 0 Å². The van der Waals surface area contributed by atoms with Gasteiger partial charge in [0.2, 0.25) is 5.91 Å². The molecule has 0 atom stereocenters. The highest BCUT2D eigenvalue weighted by molar-refractivity contribution is 6.03. The molecule has 3 rings (SSSR count). The number of nitrogens with one attached hydrogen (secondary N) is 1. The van der Waals surface area contributed by atoms with Gasteiger partial charge in [-0.15, -0.1) is 0 Å². The highest BCUT2D eigenvalue weighted by Crippen LogP contribution is 2.33. The Morgan fingerprint density at radius 1 is 0.967 bits per heavy atom. The predicted molar refractivity (Wildman–Crippen MR) is 122 cm³/mol. The number of hydrogen-bond acceptors (Lipinski definition) is 3. The van der Waals surface area contributed by atoms with E-state index in [2.05, 4.69) is 17.4 Å². The van der Waals surface area contributed by atoms with Gasteiger partial charge in [0.05, 0.1) is 7.11 Å². The summed E-state index contributed by atoms with van der Waals surface area (Å²) < 4.78 is 11.5. The second-order valence-corrected chi connectivity index (χ2v) is 7.25. The van der Waals surface area contributed by atoms with Crippen molar-refractivity contribution in [2.24, 2.45) is 0 Å². The Balaban J connectivity index is 1.78. The second kappa shape index (κ2) is 9.79. The quantitative estimate of drug-likeness (QED) is 0.505. The smallest absolute Gasteiger partial charge is 0.248 e. The van der Waals surface area contributed by atoms with Gasteiger partial charge in [-0.1, -0.05) is 60.2 Å². The molecule has 1 amide bonds. The van der Waals surface area contributed by atoms with Crippen LogP contribution >= 0.6 is 0 Å². The summed E-state index contributed by atoms with van der Waals surface area (Å²) in [5.74, 6) is 1.04. The SMILES string of the molecule is COc1cccc(/C=C/C(=O)Nc2c(C)cc(C)cc2C)c1OCc1ccccc1. The first-order valence-electron chi connectivity index (χ1n) is 9.88. The van der Waals surface area contributed by atoms with Gasteiger partial charge in [-0.2, -0.15) is 0 Å². The van der Waals surface area contributed by atoms with E-state index in [1.165, 1.54) is 11.6 Å². The molecule has 0 spiro atoms. The number of methoxy groups -OCH3 is 1. The van der Waals surface area contributed by atoms with E-state index in [0.717, 1.165) is 27.9 Å². The zero-order chi connectivity index (χ0) is 21.5. The van der Waals surface area contributed by atoms with E-state index in [-0.39, 0.29) is 5.91 Å². The number of anilines is 1. The molecule has 0 aliphatic carbocycles. The molecule has 4 nitrogen and oxygen atoms in total. The van der Waals surface area contributed by atoms with Gasteiger partial charge in [0.25, 0.3) is 0 Å². The van der Waals surface area contributed by atoms with Crippen molar-refractivity contribution in [2.45, 2.75) is 27.4 Å². The Morgan fingerprint density at radius 3 is 2.33 bits per heavy atom. The molecule has 0 aliphatic heterocycles. The minimum absolute atomic E-state index is 0.193. The number of ether oxygens (including phenoxy) is 2. The third-order valence-electron chi connectivity index (χ3n) is 4.79. The summed E-state index contributed by atoms with van der Waals surface area (Å²) in [5.41, 5.74) is 5.95. The first-order chi connectivity index (χ1) is 14.5. The third kappa shape index (κ3) is 5.29. The standard InChI is InChI=1S/C26H27NO3/c1-18-15-19(2)25(20(3)16-18)27-24(28)14-13-22-11-8-12-23(29-4)26(22)30-17-21-9-6-5-7-10-21/h5-16H,17H2,1-4H3,(H,27,28)/b14-13+. The number of amides is 1. The van der Waals surface area contributed by atoms with Crippen molar-refractivity contribution in [1.29, 1.82) is 0 Å². The lowest BCUT2D eigenvalue weighted by Crippen LogP contribution is -2.10. The zero-order valence-corrected chi connectivity index (χ0v) is 17.9. The van der Waals surface area contributed by atoms with E-state index >= 15 is 0 Å². The monoisotopic (exact) mass is 401 g/mol. The average Bonchev–Trinajstić information content (AvgIpc) is 2.74. The Morgan fingerprint density at radius 2 is 1.67 bits per heavy atom. The number of para-hydroxylation sites is 1. The van der Waals surface area contributed by atoms with Crippen molar-refractivity contribution >= 4 is 17.7 Å². The molecule has 0 heterocycles. The van der Waals surface area contributed by atoms with Crippen LogP contribution in [0.1, 0.15) is 27.8 Å².